The summed E-state index contributed by atoms with van der Waals surface area (Å²) in [5, 5.41) is 14.1. The summed E-state index contributed by atoms with van der Waals surface area (Å²) in [7, 11) is -3.35. The molecule has 0 heterocycles. The van der Waals surface area contributed by atoms with Crippen molar-refractivity contribution < 1.29 is 23.1 Å². The highest BCUT2D eigenvalue weighted by Gasteiger charge is 2.27. The van der Waals surface area contributed by atoms with Gasteiger partial charge in [-0.3, -0.25) is 4.79 Å². The zero-order valence-electron chi connectivity index (χ0n) is 12.1. The standard InChI is InChI=1S/C12H23N3O5S/c1-2-14-21(19,20)7-6-13-12(18)15-10-5-3-4-9(8-10)11(16)17/h9-10,14H,2-8H2,1H3,(H,16,17)(H2,13,15,18). The zero-order chi connectivity index (χ0) is 15.9. The maximum atomic E-state index is 11.6. The minimum atomic E-state index is -3.35. The van der Waals surface area contributed by atoms with Gasteiger partial charge in [0.25, 0.3) is 0 Å². The van der Waals surface area contributed by atoms with E-state index in [-0.39, 0.29) is 18.3 Å². The number of nitrogens with one attached hydrogen (secondary N) is 3. The van der Waals surface area contributed by atoms with Gasteiger partial charge in [-0.15, -0.1) is 0 Å². The van der Waals surface area contributed by atoms with Gasteiger partial charge in [-0.2, -0.15) is 0 Å². The molecule has 2 atom stereocenters. The van der Waals surface area contributed by atoms with Crippen LogP contribution in [0.15, 0.2) is 0 Å². The second-order valence-electron chi connectivity index (χ2n) is 5.12. The van der Waals surface area contributed by atoms with E-state index in [1.54, 1.807) is 6.92 Å². The van der Waals surface area contributed by atoms with Crippen molar-refractivity contribution in [3.63, 3.8) is 0 Å². The molecule has 0 aliphatic heterocycles. The van der Waals surface area contributed by atoms with E-state index < -0.39 is 27.9 Å². The van der Waals surface area contributed by atoms with Crippen LogP contribution in [-0.4, -0.2) is 50.4 Å². The van der Waals surface area contributed by atoms with Crippen molar-refractivity contribution in [1.82, 2.24) is 15.4 Å². The molecule has 1 aliphatic carbocycles. The van der Waals surface area contributed by atoms with Crippen molar-refractivity contribution in [2.24, 2.45) is 5.92 Å². The Morgan fingerprint density at radius 3 is 2.62 bits per heavy atom. The van der Waals surface area contributed by atoms with Crippen molar-refractivity contribution in [3.05, 3.63) is 0 Å². The molecule has 1 saturated carbocycles. The van der Waals surface area contributed by atoms with Crippen LogP contribution in [-0.2, 0) is 14.8 Å². The Balaban J connectivity index is 2.29. The SMILES string of the molecule is CCNS(=O)(=O)CCNC(=O)NC1CCCC(C(=O)O)C1. The molecule has 0 bridgehead atoms. The number of carboxylic acids is 1. The highest BCUT2D eigenvalue weighted by atomic mass is 32.2. The van der Waals surface area contributed by atoms with Gasteiger partial charge in [-0.25, -0.2) is 17.9 Å². The molecule has 1 aliphatic rings. The van der Waals surface area contributed by atoms with Crippen molar-refractivity contribution in [3.8, 4) is 0 Å². The summed E-state index contributed by atoms with van der Waals surface area (Å²) in [5.41, 5.74) is 0. The molecule has 0 aromatic rings. The predicted octanol–water partition coefficient (Wildman–Crippen LogP) is -0.132. The molecule has 2 amide bonds. The Morgan fingerprint density at radius 1 is 1.29 bits per heavy atom. The zero-order valence-corrected chi connectivity index (χ0v) is 12.9. The highest BCUT2D eigenvalue weighted by Crippen LogP contribution is 2.24. The molecule has 1 fully saturated rings. The third-order valence-electron chi connectivity index (χ3n) is 3.38. The van der Waals surface area contributed by atoms with E-state index in [2.05, 4.69) is 15.4 Å². The van der Waals surface area contributed by atoms with Gasteiger partial charge in [-0.05, 0) is 19.3 Å². The van der Waals surface area contributed by atoms with Crippen LogP contribution >= 0.6 is 0 Å². The Kier molecular flexibility index (Phi) is 6.90. The number of aliphatic carboxylic acids is 1. The molecule has 8 nitrogen and oxygen atoms in total. The number of amides is 2. The molecule has 0 spiro atoms. The smallest absolute Gasteiger partial charge is 0.315 e. The number of carboxylic acid groups (broad SMARTS) is 1. The van der Waals surface area contributed by atoms with Crippen LogP contribution in [0.2, 0.25) is 0 Å². The lowest BCUT2D eigenvalue weighted by molar-refractivity contribution is -0.143. The van der Waals surface area contributed by atoms with E-state index in [1.807, 2.05) is 0 Å². The Bertz CT molecular complexity index is 466. The first-order chi connectivity index (χ1) is 9.84. The van der Waals surface area contributed by atoms with E-state index in [0.29, 0.717) is 19.4 Å². The number of urea groups is 1. The Labute approximate surface area is 124 Å². The van der Waals surface area contributed by atoms with Crippen molar-refractivity contribution >= 4 is 22.0 Å². The van der Waals surface area contributed by atoms with Crippen LogP contribution in [0.1, 0.15) is 32.6 Å². The van der Waals surface area contributed by atoms with Gasteiger partial charge in [0.05, 0.1) is 11.7 Å². The normalized spacial score (nSPS) is 22.5. The van der Waals surface area contributed by atoms with Crippen LogP contribution in [0.4, 0.5) is 4.79 Å². The fourth-order valence-electron chi connectivity index (χ4n) is 2.37. The predicted molar refractivity (Wildman–Crippen MR) is 77.4 cm³/mol. The summed E-state index contributed by atoms with van der Waals surface area (Å²) in [6.45, 7) is 2.00. The minimum Gasteiger partial charge on any atom is -0.481 e. The Hall–Kier alpha value is -1.35. The van der Waals surface area contributed by atoms with Gasteiger partial charge < -0.3 is 15.7 Å². The lowest BCUT2D eigenvalue weighted by Crippen LogP contribution is -2.46. The summed E-state index contributed by atoms with van der Waals surface area (Å²) >= 11 is 0. The van der Waals surface area contributed by atoms with Gasteiger partial charge in [0, 0.05) is 19.1 Å². The van der Waals surface area contributed by atoms with Gasteiger partial charge >= 0.3 is 12.0 Å². The number of hydrogen-bond donors (Lipinski definition) is 4. The molecule has 122 valence electrons. The van der Waals surface area contributed by atoms with Crippen molar-refractivity contribution in [2.45, 2.75) is 38.6 Å². The molecule has 9 heteroatoms. The fraction of sp³-hybridized carbons (Fsp3) is 0.833. The average molecular weight is 321 g/mol. The van der Waals surface area contributed by atoms with E-state index in [1.165, 1.54) is 0 Å². The van der Waals surface area contributed by atoms with Crippen LogP contribution in [0.3, 0.4) is 0 Å². The van der Waals surface area contributed by atoms with Crippen molar-refractivity contribution in [1.29, 1.82) is 0 Å². The van der Waals surface area contributed by atoms with Crippen LogP contribution in [0, 0.1) is 5.92 Å². The van der Waals surface area contributed by atoms with Crippen LogP contribution in [0.5, 0.6) is 0 Å². The number of sulfonamides is 1. The first-order valence-electron chi connectivity index (χ1n) is 7.08. The van der Waals surface area contributed by atoms with Crippen molar-refractivity contribution in [2.75, 3.05) is 18.8 Å². The maximum absolute atomic E-state index is 11.6. The maximum Gasteiger partial charge on any atom is 0.315 e. The van der Waals surface area contributed by atoms with E-state index >= 15 is 0 Å². The highest BCUT2D eigenvalue weighted by molar-refractivity contribution is 7.89. The molecule has 1 rings (SSSR count). The van der Waals surface area contributed by atoms with Crippen LogP contribution < -0.4 is 15.4 Å². The van der Waals surface area contributed by atoms with Gasteiger partial charge in [-0.1, -0.05) is 13.3 Å². The van der Waals surface area contributed by atoms with Gasteiger partial charge in [0.15, 0.2) is 0 Å². The van der Waals surface area contributed by atoms with Gasteiger partial charge in [0.1, 0.15) is 0 Å². The monoisotopic (exact) mass is 321 g/mol. The quantitative estimate of drug-likeness (QED) is 0.520. The molecule has 0 radical (unpaired) electrons. The number of hydrogen-bond acceptors (Lipinski definition) is 4. The molecule has 0 saturated heterocycles. The molecule has 2 unspecified atom stereocenters. The summed E-state index contributed by atoms with van der Waals surface area (Å²) in [6.07, 6.45) is 2.55. The van der Waals surface area contributed by atoms with E-state index in [0.717, 1.165) is 12.8 Å². The largest absolute Gasteiger partial charge is 0.481 e. The average Bonchev–Trinajstić information content (AvgIpc) is 2.38. The second kappa shape index (κ2) is 8.18. The second-order valence-corrected chi connectivity index (χ2v) is 7.04. The fourth-order valence-corrected chi connectivity index (χ4v) is 3.33. The lowest BCUT2D eigenvalue weighted by Gasteiger charge is -2.27. The first kappa shape index (κ1) is 17.7. The molecular formula is C12H23N3O5S. The number of rotatable bonds is 7. The van der Waals surface area contributed by atoms with Gasteiger partial charge in [0.2, 0.25) is 10.0 Å². The Morgan fingerprint density at radius 2 is 2.00 bits per heavy atom. The molecule has 0 aromatic heterocycles. The van der Waals surface area contributed by atoms with Crippen LogP contribution in [0.25, 0.3) is 0 Å². The summed E-state index contributed by atoms with van der Waals surface area (Å²) in [6, 6.07) is -0.636. The number of carbonyl (C=O) groups is 2. The van der Waals surface area contributed by atoms with E-state index in [9.17, 15) is 18.0 Å². The topological polar surface area (TPSA) is 125 Å². The number of carbonyl (C=O) groups excluding carboxylic acids is 1. The summed E-state index contributed by atoms with van der Waals surface area (Å²) < 4.78 is 25.1. The summed E-state index contributed by atoms with van der Waals surface area (Å²) in [4.78, 5) is 22.6. The third kappa shape index (κ3) is 6.76. The molecule has 21 heavy (non-hydrogen) atoms. The lowest BCUT2D eigenvalue weighted by atomic mass is 9.86. The van der Waals surface area contributed by atoms with E-state index in [4.69, 9.17) is 5.11 Å². The first-order valence-corrected chi connectivity index (χ1v) is 8.73. The molecule has 0 aromatic carbocycles. The molecular weight excluding hydrogens is 298 g/mol. The minimum absolute atomic E-state index is 0.0102. The summed E-state index contributed by atoms with van der Waals surface area (Å²) in [5.74, 6) is -1.44. The molecule has 4 N–H and O–H groups in total. The third-order valence-corrected chi connectivity index (χ3v) is 4.85.